The lowest BCUT2D eigenvalue weighted by Crippen LogP contribution is -2.36. The number of rotatable bonds is 0. The number of ether oxygens (including phenoxy) is 1. The highest BCUT2D eigenvalue weighted by Crippen LogP contribution is 2.36. The van der Waals surface area contributed by atoms with E-state index in [-0.39, 0.29) is 0 Å². The van der Waals surface area contributed by atoms with Crippen LogP contribution in [0.2, 0.25) is 0 Å². The first-order chi connectivity index (χ1) is 6.59. The molecule has 0 bridgehead atoms. The van der Waals surface area contributed by atoms with Crippen LogP contribution in [0.1, 0.15) is 16.6 Å². The van der Waals surface area contributed by atoms with Crippen LogP contribution < -0.4 is 10.1 Å². The minimum atomic E-state index is -0.647. The molecule has 1 unspecified atom stereocenters. The Morgan fingerprint density at radius 3 is 3.00 bits per heavy atom. The zero-order valence-electron chi connectivity index (χ0n) is 7.17. The van der Waals surface area contributed by atoms with Gasteiger partial charge in [0.25, 0.3) is 11.8 Å². The number of amides is 2. The summed E-state index contributed by atoms with van der Waals surface area (Å²) in [4.78, 5) is 23.1. The second-order valence-corrected chi connectivity index (χ2v) is 4.55. The molecule has 1 N–H and O–H groups in total. The lowest BCUT2D eigenvalue weighted by Gasteiger charge is -2.08. The second kappa shape index (κ2) is 3.36. The van der Waals surface area contributed by atoms with Crippen molar-refractivity contribution in [3.63, 3.8) is 0 Å². The minimum Gasteiger partial charge on any atom is -0.478 e. The predicted molar refractivity (Wildman–Crippen MR) is 54.6 cm³/mol. The predicted octanol–water partition coefficient (Wildman–Crippen LogP) is 1.55. The zero-order chi connectivity index (χ0) is 10.3. The van der Waals surface area contributed by atoms with E-state index in [1.807, 2.05) is 0 Å². The number of carbonyl (C=O) groups excluding carboxylic acids is 2. The second-order valence-electron chi connectivity index (χ2n) is 2.82. The van der Waals surface area contributed by atoms with E-state index in [1.165, 1.54) is 11.3 Å². The Labute approximate surface area is 92.4 Å². The Bertz CT molecular complexity index is 415. The summed E-state index contributed by atoms with van der Waals surface area (Å²) in [5, 5.41) is 4.00. The van der Waals surface area contributed by atoms with Gasteiger partial charge >= 0.3 is 0 Å². The van der Waals surface area contributed by atoms with Crippen molar-refractivity contribution in [3.05, 3.63) is 14.7 Å². The normalized spacial score (nSPS) is 20.9. The van der Waals surface area contributed by atoms with E-state index in [0.29, 0.717) is 15.1 Å². The minimum absolute atomic E-state index is 0.398. The van der Waals surface area contributed by atoms with Crippen LogP contribution in [-0.4, -0.2) is 17.9 Å². The Morgan fingerprint density at radius 2 is 2.29 bits per heavy atom. The Kier molecular flexibility index (Phi) is 2.32. The fraction of sp³-hybridized carbons (Fsp3) is 0.250. The van der Waals surface area contributed by atoms with Crippen molar-refractivity contribution in [1.82, 2.24) is 5.32 Å². The fourth-order valence-electron chi connectivity index (χ4n) is 1.09. The number of carbonyl (C=O) groups is 2. The van der Waals surface area contributed by atoms with Crippen LogP contribution in [0.4, 0.5) is 0 Å². The van der Waals surface area contributed by atoms with Crippen molar-refractivity contribution < 1.29 is 14.3 Å². The van der Waals surface area contributed by atoms with Crippen LogP contribution in [0.15, 0.2) is 9.85 Å². The third kappa shape index (κ3) is 1.44. The fourth-order valence-corrected chi connectivity index (χ4v) is 2.55. The van der Waals surface area contributed by atoms with Gasteiger partial charge in [0.05, 0.1) is 4.47 Å². The molecule has 0 aliphatic carbocycles. The number of fused-ring (bicyclic) bond motifs is 1. The molecular formula is C8H6BrNO3S. The summed E-state index contributed by atoms with van der Waals surface area (Å²) in [6, 6.07) is 0. The molecule has 2 rings (SSSR count). The van der Waals surface area contributed by atoms with Gasteiger partial charge in [-0.1, -0.05) is 0 Å². The number of nitrogens with one attached hydrogen (secondary N) is 1. The highest BCUT2D eigenvalue weighted by molar-refractivity contribution is 9.10. The van der Waals surface area contributed by atoms with Crippen LogP contribution in [-0.2, 0) is 4.79 Å². The molecule has 1 aromatic rings. The molecule has 14 heavy (non-hydrogen) atoms. The monoisotopic (exact) mass is 275 g/mol. The molecule has 0 aromatic carbocycles. The number of hydrogen-bond donors (Lipinski definition) is 1. The largest absolute Gasteiger partial charge is 0.478 e. The van der Waals surface area contributed by atoms with E-state index in [4.69, 9.17) is 4.74 Å². The third-order valence-electron chi connectivity index (χ3n) is 1.81. The average Bonchev–Trinajstić information content (AvgIpc) is 2.43. The van der Waals surface area contributed by atoms with Crippen molar-refractivity contribution in [2.24, 2.45) is 0 Å². The van der Waals surface area contributed by atoms with Crippen molar-refractivity contribution >= 4 is 39.1 Å². The summed E-state index contributed by atoms with van der Waals surface area (Å²) in [6.07, 6.45) is -0.647. The maximum Gasteiger partial charge on any atom is 0.271 e. The Morgan fingerprint density at radius 1 is 1.57 bits per heavy atom. The number of halogens is 1. The standard InChI is InChI=1S/C8H6BrNO3S/c1-3-7(11)10-8(12)6-5(13-3)4(9)2-14-6/h2-3H,1H3,(H,10,11,12). The molecular weight excluding hydrogens is 270 g/mol. The molecule has 0 saturated carbocycles. The van der Waals surface area contributed by atoms with Crippen LogP contribution >= 0.6 is 27.3 Å². The SMILES string of the molecule is CC1Oc2c(Br)csc2C(=O)NC1=O. The topological polar surface area (TPSA) is 55.4 Å². The van der Waals surface area contributed by atoms with Gasteiger partial charge in [-0.25, -0.2) is 0 Å². The summed E-state index contributed by atoms with van der Waals surface area (Å²) in [5.41, 5.74) is 0. The van der Waals surface area contributed by atoms with Crippen molar-refractivity contribution in [1.29, 1.82) is 0 Å². The highest BCUT2D eigenvalue weighted by Gasteiger charge is 2.29. The van der Waals surface area contributed by atoms with Crippen molar-refractivity contribution in [2.75, 3.05) is 0 Å². The molecule has 1 aromatic heterocycles. The molecule has 6 heteroatoms. The van der Waals surface area contributed by atoms with E-state index in [9.17, 15) is 9.59 Å². The molecule has 1 atom stereocenters. The van der Waals surface area contributed by atoms with E-state index in [2.05, 4.69) is 21.2 Å². The highest BCUT2D eigenvalue weighted by atomic mass is 79.9. The molecule has 0 fully saturated rings. The Hall–Kier alpha value is -0.880. The van der Waals surface area contributed by atoms with Crippen LogP contribution in [0.3, 0.4) is 0 Å². The lowest BCUT2D eigenvalue weighted by atomic mass is 10.4. The average molecular weight is 276 g/mol. The van der Waals surface area contributed by atoms with Gasteiger partial charge in [0, 0.05) is 5.38 Å². The van der Waals surface area contributed by atoms with Gasteiger partial charge in [-0.2, -0.15) is 0 Å². The molecule has 74 valence electrons. The molecule has 0 spiro atoms. The van der Waals surface area contributed by atoms with Gasteiger partial charge in [-0.05, 0) is 22.9 Å². The van der Waals surface area contributed by atoms with Crippen LogP contribution in [0, 0.1) is 0 Å². The van der Waals surface area contributed by atoms with E-state index in [1.54, 1.807) is 12.3 Å². The number of imide groups is 1. The van der Waals surface area contributed by atoms with Crippen molar-refractivity contribution in [3.8, 4) is 5.75 Å². The molecule has 1 aliphatic rings. The van der Waals surface area contributed by atoms with Gasteiger partial charge in [0.2, 0.25) is 0 Å². The van der Waals surface area contributed by atoms with E-state index in [0.717, 1.165) is 0 Å². The summed E-state index contributed by atoms with van der Waals surface area (Å²) >= 11 is 4.50. The van der Waals surface area contributed by atoms with Crippen LogP contribution in [0.25, 0.3) is 0 Å². The first-order valence-electron chi connectivity index (χ1n) is 3.88. The summed E-state index contributed by atoms with van der Waals surface area (Å²) in [6.45, 7) is 1.60. The molecule has 2 heterocycles. The molecule has 0 saturated heterocycles. The van der Waals surface area contributed by atoms with Gasteiger partial charge in [0.1, 0.15) is 4.88 Å². The number of thiophene rings is 1. The molecule has 4 nitrogen and oxygen atoms in total. The van der Waals surface area contributed by atoms with Gasteiger partial charge in [0.15, 0.2) is 11.9 Å². The van der Waals surface area contributed by atoms with Gasteiger partial charge in [-0.15, -0.1) is 11.3 Å². The zero-order valence-corrected chi connectivity index (χ0v) is 9.57. The van der Waals surface area contributed by atoms with Gasteiger partial charge in [-0.3, -0.25) is 14.9 Å². The summed E-state index contributed by atoms with van der Waals surface area (Å²) < 4.78 is 6.04. The molecule has 1 aliphatic heterocycles. The van der Waals surface area contributed by atoms with Gasteiger partial charge < -0.3 is 4.74 Å². The van der Waals surface area contributed by atoms with E-state index < -0.39 is 17.9 Å². The summed E-state index contributed by atoms with van der Waals surface area (Å²) in [5.74, 6) is -0.360. The quantitative estimate of drug-likeness (QED) is 0.731. The third-order valence-corrected chi connectivity index (χ3v) is 3.66. The van der Waals surface area contributed by atoms with E-state index >= 15 is 0 Å². The van der Waals surface area contributed by atoms with Crippen LogP contribution in [0.5, 0.6) is 5.75 Å². The smallest absolute Gasteiger partial charge is 0.271 e. The first kappa shape index (κ1) is 9.67. The molecule has 0 radical (unpaired) electrons. The number of hydrogen-bond acceptors (Lipinski definition) is 4. The maximum atomic E-state index is 11.5. The Balaban J connectivity index is 2.49. The van der Waals surface area contributed by atoms with Crippen molar-refractivity contribution in [2.45, 2.75) is 13.0 Å². The molecule has 2 amide bonds. The summed E-state index contributed by atoms with van der Waals surface area (Å²) in [7, 11) is 0. The maximum absolute atomic E-state index is 11.5. The lowest BCUT2D eigenvalue weighted by molar-refractivity contribution is -0.125. The first-order valence-corrected chi connectivity index (χ1v) is 5.55.